The van der Waals surface area contributed by atoms with Gasteiger partial charge in [-0.15, -0.1) is 0 Å². The lowest BCUT2D eigenvalue weighted by Gasteiger charge is -2.36. The maximum atomic E-state index is 13.0. The van der Waals surface area contributed by atoms with Crippen molar-refractivity contribution in [1.82, 2.24) is 19.8 Å². The summed E-state index contributed by atoms with van der Waals surface area (Å²) in [6.45, 7) is 2.80. The van der Waals surface area contributed by atoms with E-state index in [1.807, 2.05) is 0 Å². The summed E-state index contributed by atoms with van der Waals surface area (Å²) in [6, 6.07) is 0. The van der Waals surface area contributed by atoms with Gasteiger partial charge >= 0.3 is 6.18 Å². The molecular weight excluding hydrogens is 313 g/mol. The number of halogens is 3. The van der Waals surface area contributed by atoms with Crippen molar-refractivity contribution >= 4 is 5.91 Å². The van der Waals surface area contributed by atoms with E-state index in [-0.39, 0.29) is 31.5 Å². The fourth-order valence-corrected chi connectivity index (χ4v) is 3.89. The van der Waals surface area contributed by atoms with Crippen LogP contribution >= 0.6 is 0 Å². The summed E-state index contributed by atoms with van der Waals surface area (Å²) in [5, 5.41) is 3.23. The predicted molar refractivity (Wildman–Crippen MR) is 72.3 cm³/mol. The molecule has 3 aliphatic rings. The van der Waals surface area contributed by atoms with E-state index in [4.69, 9.17) is 4.74 Å². The number of amides is 1. The van der Waals surface area contributed by atoms with Gasteiger partial charge in [0.2, 0.25) is 11.7 Å². The van der Waals surface area contributed by atoms with Gasteiger partial charge in [0.1, 0.15) is 0 Å². The number of hydrogen-bond acceptors (Lipinski definition) is 4. The average molecular weight is 330 g/mol. The van der Waals surface area contributed by atoms with Crippen molar-refractivity contribution in [2.24, 2.45) is 11.3 Å². The number of carbonyl (C=O) groups is 1. The maximum absolute atomic E-state index is 13.0. The number of nitrogens with zero attached hydrogens (tertiary/aromatic N) is 3. The standard InChI is InChI=1S/C14H17F3N4O2/c15-14(16,17)11-19-4-10-5-20(1-2-21(10)11)12(22)13-7-18-3-9(13)6-23-8-13/h4,9,18H,1-3,5-8H2/t9-,13-/m0/s1. The predicted octanol–water partition coefficient (Wildman–Crippen LogP) is 0.480. The molecule has 0 spiro atoms. The van der Waals surface area contributed by atoms with Crippen molar-refractivity contribution in [3.05, 3.63) is 17.7 Å². The third-order valence-corrected chi connectivity index (χ3v) is 5.14. The van der Waals surface area contributed by atoms with Gasteiger partial charge in [-0.2, -0.15) is 13.2 Å². The van der Waals surface area contributed by atoms with Gasteiger partial charge in [0.05, 0.1) is 37.1 Å². The summed E-state index contributed by atoms with van der Waals surface area (Å²) >= 11 is 0. The molecule has 2 fully saturated rings. The first-order valence-electron chi connectivity index (χ1n) is 7.61. The van der Waals surface area contributed by atoms with E-state index in [0.717, 1.165) is 11.1 Å². The van der Waals surface area contributed by atoms with Crippen LogP contribution in [0.1, 0.15) is 11.5 Å². The summed E-state index contributed by atoms with van der Waals surface area (Å²) in [7, 11) is 0. The number of rotatable bonds is 1. The van der Waals surface area contributed by atoms with Gasteiger partial charge in [0, 0.05) is 32.1 Å². The second-order valence-corrected chi connectivity index (χ2v) is 6.45. The lowest BCUT2D eigenvalue weighted by Crippen LogP contribution is -2.50. The zero-order valence-electron chi connectivity index (χ0n) is 12.4. The first kappa shape index (κ1) is 14.9. The van der Waals surface area contributed by atoms with Crippen LogP contribution < -0.4 is 5.32 Å². The first-order chi connectivity index (χ1) is 10.9. The van der Waals surface area contributed by atoms with E-state index in [0.29, 0.717) is 25.5 Å². The Morgan fingerprint density at radius 1 is 1.43 bits per heavy atom. The largest absolute Gasteiger partial charge is 0.449 e. The van der Waals surface area contributed by atoms with Gasteiger partial charge in [-0.05, 0) is 0 Å². The SMILES string of the molecule is O=C(N1CCn2c(cnc2C(F)(F)F)C1)[C@]12CNC[C@H]1COC2. The maximum Gasteiger partial charge on any atom is 0.449 e. The molecule has 1 aromatic heterocycles. The Kier molecular flexibility index (Phi) is 3.21. The van der Waals surface area contributed by atoms with Gasteiger partial charge in [0.15, 0.2) is 0 Å². The highest BCUT2D eigenvalue weighted by Crippen LogP contribution is 2.40. The monoisotopic (exact) mass is 330 g/mol. The van der Waals surface area contributed by atoms with E-state index in [1.54, 1.807) is 4.90 Å². The fourth-order valence-electron chi connectivity index (χ4n) is 3.89. The minimum absolute atomic E-state index is 0.0222. The number of carbonyl (C=O) groups excluding carboxylic acids is 1. The second kappa shape index (κ2) is 4.94. The Morgan fingerprint density at radius 3 is 3.04 bits per heavy atom. The highest BCUT2D eigenvalue weighted by molar-refractivity contribution is 5.84. The van der Waals surface area contributed by atoms with Crippen LogP contribution in [0, 0.1) is 11.3 Å². The van der Waals surface area contributed by atoms with E-state index in [2.05, 4.69) is 10.3 Å². The highest BCUT2D eigenvalue weighted by Gasteiger charge is 2.54. The van der Waals surface area contributed by atoms with Gasteiger partial charge in [0.25, 0.3) is 0 Å². The van der Waals surface area contributed by atoms with Crippen LogP contribution in [0.3, 0.4) is 0 Å². The zero-order valence-corrected chi connectivity index (χ0v) is 12.4. The molecule has 9 heteroatoms. The Hall–Kier alpha value is -1.61. The molecule has 0 unspecified atom stereocenters. The third-order valence-electron chi connectivity index (χ3n) is 5.14. The lowest BCUT2D eigenvalue weighted by atomic mass is 9.79. The summed E-state index contributed by atoms with van der Waals surface area (Å²) in [4.78, 5) is 18.1. The number of fused-ring (bicyclic) bond motifs is 2. The van der Waals surface area contributed by atoms with E-state index < -0.39 is 17.4 Å². The Labute approximate surface area is 130 Å². The third kappa shape index (κ3) is 2.17. The quantitative estimate of drug-likeness (QED) is 0.814. The van der Waals surface area contributed by atoms with Crippen molar-refractivity contribution in [3.63, 3.8) is 0 Å². The van der Waals surface area contributed by atoms with Crippen molar-refractivity contribution < 1.29 is 22.7 Å². The molecule has 4 heterocycles. The van der Waals surface area contributed by atoms with Crippen molar-refractivity contribution in [2.75, 3.05) is 32.8 Å². The number of imidazole rings is 1. The number of alkyl halides is 3. The molecule has 4 rings (SSSR count). The van der Waals surface area contributed by atoms with Crippen LogP contribution in [-0.2, 0) is 28.8 Å². The molecular formula is C14H17F3N4O2. The molecule has 0 aromatic carbocycles. The molecule has 0 saturated carbocycles. The summed E-state index contributed by atoms with van der Waals surface area (Å²) < 4.78 is 45.3. The minimum atomic E-state index is -4.47. The molecule has 0 radical (unpaired) electrons. The first-order valence-corrected chi connectivity index (χ1v) is 7.61. The Balaban J connectivity index is 1.57. The lowest BCUT2D eigenvalue weighted by molar-refractivity contribution is -0.149. The van der Waals surface area contributed by atoms with E-state index in [9.17, 15) is 18.0 Å². The highest BCUT2D eigenvalue weighted by atomic mass is 19.4. The second-order valence-electron chi connectivity index (χ2n) is 6.45. The number of nitrogens with one attached hydrogen (secondary N) is 1. The van der Waals surface area contributed by atoms with Crippen LogP contribution in [0.2, 0.25) is 0 Å². The smallest absolute Gasteiger partial charge is 0.380 e. The zero-order chi connectivity index (χ0) is 16.2. The fraction of sp³-hybridized carbons (Fsp3) is 0.714. The minimum Gasteiger partial charge on any atom is -0.380 e. The molecule has 1 amide bonds. The number of aromatic nitrogens is 2. The molecule has 1 N–H and O–H groups in total. The van der Waals surface area contributed by atoms with Crippen LogP contribution in [0.4, 0.5) is 13.2 Å². The molecule has 2 saturated heterocycles. The molecule has 0 aliphatic carbocycles. The normalized spacial score (nSPS) is 30.4. The van der Waals surface area contributed by atoms with Crippen molar-refractivity contribution in [1.29, 1.82) is 0 Å². The number of hydrogen-bond donors (Lipinski definition) is 1. The van der Waals surface area contributed by atoms with Crippen molar-refractivity contribution in [2.45, 2.75) is 19.3 Å². The van der Waals surface area contributed by atoms with Gasteiger partial charge < -0.3 is 19.5 Å². The van der Waals surface area contributed by atoms with Crippen LogP contribution in [-0.4, -0.2) is 53.2 Å². The van der Waals surface area contributed by atoms with Crippen LogP contribution in [0.15, 0.2) is 6.20 Å². The summed E-state index contributed by atoms with van der Waals surface area (Å²) in [5.74, 6) is -0.763. The molecule has 1 aromatic rings. The molecule has 0 bridgehead atoms. The van der Waals surface area contributed by atoms with Gasteiger partial charge in [-0.25, -0.2) is 4.98 Å². The number of ether oxygens (including phenoxy) is 1. The van der Waals surface area contributed by atoms with Crippen LogP contribution in [0.25, 0.3) is 0 Å². The Bertz CT molecular complexity index is 632. The van der Waals surface area contributed by atoms with Gasteiger partial charge in [-0.3, -0.25) is 4.79 Å². The van der Waals surface area contributed by atoms with Crippen LogP contribution in [0.5, 0.6) is 0 Å². The van der Waals surface area contributed by atoms with E-state index >= 15 is 0 Å². The topological polar surface area (TPSA) is 59.4 Å². The average Bonchev–Trinajstić information content (AvgIpc) is 3.18. The van der Waals surface area contributed by atoms with Gasteiger partial charge in [-0.1, -0.05) is 0 Å². The summed E-state index contributed by atoms with van der Waals surface area (Å²) in [5.41, 5.74) is -0.135. The molecule has 2 atom stereocenters. The van der Waals surface area contributed by atoms with Crippen molar-refractivity contribution in [3.8, 4) is 0 Å². The molecule has 3 aliphatic heterocycles. The molecule has 23 heavy (non-hydrogen) atoms. The van der Waals surface area contributed by atoms with E-state index in [1.165, 1.54) is 6.20 Å². The molecule has 6 nitrogen and oxygen atoms in total. The Morgan fingerprint density at radius 2 is 2.26 bits per heavy atom. The molecule has 126 valence electrons. The summed E-state index contributed by atoms with van der Waals surface area (Å²) in [6.07, 6.45) is -3.25.